The number of carbonyl (C=O) groups is 1. The van der Waals surface area contributed by atoms with Crippen molar-refractivity contribution in [2.45, 2.75) is 59.5 Å². The van der Waals surface area contributed by atoms with Gasteiger partial charge in [0.05, 0.1) is 11.0 Å². The molecule has 0 saturated heterocycles. The van der Waals surface area contributed by atoms with Gasteiger partial charge in [0.25, 0.3) is 0 Å². The third-order valence-corrected chi connectivity index (χ3v) is 3.59. The van der Waals surface area contributed by atoms with Gasteiger partial charge in [0.15, 0.2) is 0 Å². The van der Waals surface area contributed by atoms with Crippen LogP contribution in [0.3, 0.4) is 0 Å². The Balaban J connectivity index is 2.90. The van der Waals surface area contributed by atoms with Crippen molar-refractivity contribution in [3.63, 3.8) is 0 Å². The molecule has 0 atom stereocenters. The first-order chi connectivity index (χ1) is 6.11. The summed E-state index contributed by atoms with van der Waals surface area (Å²) in [6.45, 7) is 9.50. The third-order valence-electron chi connectivity index (χ3n) is 3.59. The molecular weight excluding hydrogens is 176 g/mol. The van der Waals surface area contributed by atoms with E-state index in [9.17, 15) is 9.90 Å². The zero-order chi connectivity index (χ0) is 11.2. The van der Waals surface area contributed by atoms with Gasteiger partial charge in [-0.3, -0.25) is 4.79 Å². The summed E-state index contributed by atoms with van der Waals surface area (Å²) in [5.41, 5.74) is -1.73. The number of ketones is 1. The Kier molecular flexibility index (Phi) is 2.56. The smallest absolute Gasteiger partial charge is 0.146 e. The van der Waals surface area contributed by atoms with Gasteiger partial charge in [-0.1, -0.05) is 34.6 Å². The summed E-state index contributed by atoms with van der Waals surface area (Å²) in [4.78, 5) is 12.2. The standard InChI is InChI=1S/C12H22O2/c1-10(2,3)9(13)11(4,5)12(14)7-6-8-12/h14H,6-8H2,1-5H3. The summed E-state index contributed by atoms with van der Waals surface area (Å²) < 4.78 is 0. The van der Waals surface area contributed by atoms with Gasteiger partial charge in [-0.05, 0) is 19.3 Å². The number of Topliss-reactive ketones (excluding diaryl/α,β-unsaturated/α-hetero) is 1. The van der Waals surface area contributed by atoms with Crippen LogP contribution in [-0.4, -0.2) is 16.5 Å². The summed E-state index contributed by atoms with van der Waals surface area (Å²) in [5, 5.41) is 10.3. The van der Waals surface area contributed by atoms with Crippen molar-refractivity contribution in [1.82, 2.24) is 0 Å². The molecule has 2 nitrogen and oxygen atoms in total. The molecule has 0 radical (unpaired) electrons. The van der Waals surface area contributed by atoms with Gasteiger partial charge < -0.3 is 5.11 Å². The van der Waals surface area contributed by atoms with E-state index in [4.69, 9.17) is 0 Å². The summed E-state index contributed by atoms with van der Waals surface area (Å²) in [7, 11) is 0. The molecule has 0 aromatic carbocycles. The highest BCUT2D eigenvalue weighted by molar-refractivity contribution is 5.90. The summed E-state index contributed by atoms with van der Waals surface area (Å²) in [6, 6.07) is 0. The lowest BCUT2D eigenvalue weighted by atomic mass is 9.58. The fraction of sp³-hybridized carbons (Fsp3) is 0.917. The van der Waals surface area contributed by atoms with Crippen molar-refractivity contribution < 1.29 is 9.90 Å². The first kappa shape index (κ1) is 11.7. The number of carbonyl (C=O) groups excluding carboxylic acids is 1. The molecule has 1 aliphatic rings. The molecule has 1 N–H and O–H groups in total. The largest absolute Gasteiger partial charge is 0.389 e. The quantitative estimate of drug-likeness (QED) is 0.740. The predicted molar refractivity (Wildman–Crippen MR) is 57.0 cm³/mol. The molecule has 1 fully saturated rings. The number of rotatable bonds is 2. The van der Waals surface area contributed by atoms with Crippen LogP contribution in [0.2, 0.25) is 0 Å². The predicted octanol–water partition coefficient (Wildman–Crippen LogP) is 2.54. The lowest BCUT2D eigenvalue weighted by molar-refractivity contribution is -0.166. The first-order valence-corrected chi connectivity index (χ1v) is 5.38. The molecule has 0 bridgehead atoms. The van der Waals surface area contributed by atoms with E-state index in [-0.39, 0.29) is 11.2 Å². The minimum Gasteiger partial charge on any atom is -0.389 e. The maximum absolute atomic E-state index is 12.2. The second-order valence-electron chi connectivity index (χ2n) is 6.09. The molecule has 0 aromatic rings. The molecule has 0 spiro atoms. The Morgan fingerprint density at radius 2 is 1.57 bits per heavy atom. The molecular formula is C12H22O2. The van der Waals surface area contributed by atoms with E-state index in [1.54, 1.807) is 0 Å². The van der Waals surface area contributed by atoms with E-state index in [1.807, 2.05) is 34.6 Å². The van der Waals surface area contributed by atoms with E-state index in [1.165, 1.54) is 0 Å². The molecule has 0 aliphatic heterocycles. The second-order valence-corrected chi connectivity index (χ2v) is 6.09. The first-order valence-electron chi connectivity index (χ1n) is 5.38. The van der Waals surface area contributed by atoms with Gasteiger partial charge in [-0.15, -0.1) is 0 Å². The van der Waals surface area contributed by atoms with E-state index >= 15 is 0 Å². The van der Waals surface area contributed by atoms with Gasteiger partial charge in [-0.25, -0.2) is 0 Å². The summed E-state index contributed by atoms with van der Waals surface area (Å²) in [6.07, 6.45) is 2.57. The van der Waals surface area contributed by atoms with Gasteiger partial charge in [0.2, 0.25) is 0 Å². The minimum atomic E-state index is -0.753. The highest BCUT2D eigenvalue weighted by Crippen LogP contribution is 2.48. The average Bonchev–Trinajstić information content (AvgIpc) is 1.96. The molecule has 1 aliphatic carbocycles. The SMILES string of the molecule is CC(C)(C)C(=O)C(C)(C)C1(O)CCC1. The van der Waals surface area contributed by atoms with Crippen molar-refractivity contribution in [3.8, 4) is 0 Å². The van der Waals surface area contributed by atoms with Crippen LogP contribution in [-0.2, 0) is 4.79 Å². The zero-order valence-electron chi connectivity index (χ0n) is 9.98. The number of aliphatic hydroxyl groups is 1. The van der Waals surface area contributed by atoms with Crippen LogP contribution in [0.15, 0.2) is 0 Å². The van der Waals surface area contributed by atoms with Crippen molar-refractivity contribution in [2.24, 2.45) is 10.8 Å². The fourth-order valence-corrected chi connectivity index (χ4v) is 2.29. The minimum absolute atomic E-state index is 0.159. The fourth-order valence-electron chi connectivity index (χ4n) is 2.29. The lowest BCUT2D eigenvalue weighted by Crippen LogP contribution is -2.56. The number of hydrogen-bond acceptors (Lipinski definition) is 2. The van der Waals surface area contributed by atoms with E-state index < -0.39 is 11.0 Å². The Morgan fingerprint density at radius 3 is 1.79 bits per heavy atom. The highest BCUT2D eigenvalue weighted by atomic mass is 16.3. The van der Waals surface area contributed by atoms with Gasteiger partial charge >= 0.3 is 0 Å². The molecule has 0 unspecified atom stereocenters. The molecule has 0 heterocycles. The van der Waals surface area contributed by atoms with Crippen molar-refractivity contribution >= 4 is 5.78 Å². The van der Waals surface area contributed by atoms with Crippen LogP contribution in [0.1, 0.15) is 53.9 Å². The molecule has 2 heteroatoms. The summed E-state index contributed by atoms with van der Waals surface area (Å²) >= 11 is 0. The van der Waals surface area contributed by atoms with Gasteiger partial charge in [-0.2, -0.15) is 0 Å². The second kappa shape index (κ2) is 3.06. The molecule has 82 valence electrons. The summed E-state index contributed by atoms with van der Waals surface area (Å²) in [5.74, 6) is 0.159. The average molecular weight is 198 g/mol. The van der Waals surface area contributed by atoms with Crippen LogP contribution < -0.4 is 0 Å². The Labute approximate surface area is 86.7 Å². The zero-order valence-corrected chi connectivity index (χ0v) is 9.98. The Morgan fingerprint density at radius 1 is 1.14 bits per heavy atom. The van der Waals surface area contributed by atoms with Crippen molar-refractivity contribution in [2.75, 3.05) is 0 Å². The molecule has 14 heavy (non-hydrogen) atoms. The number of hydrogen-bond donors (Lipinski definition) is 1. The molecule has 1 rings (SSSR count). The Bertz CT molecular complexity index is 242. The molecule has 0 amide bonds. The van der Waals surface area contributed by atoms with Crippen LogP contribution in [0.5, 0.6) is 0 Å². The Hall–Kier alpha value is -0.370. The van der Waals surface area contributed by atoms with Crippen LogP contribution in [0.4, 0.5) is 0 Å². The third kappa shape index (κ3) is 1.60. The topological polar surface area (TPSA) is 37.3 Å². The van der Waals surface area contributed by atoms with Crippen LogP contribution in [0.25, 0.3) is 0 Å². The van der Waals surface area contributed by atoms with E-state index in [0.29, 0.717) is 0 Å². The highest BCUT2D eigenvalue weighted by Gasteiger charge is 2.54. The van der Waals surface area contributed by atoms with Crippen LogP contribution >= 0.6 is 0 Å². The normalized spacial score (nSPS) is 21.6. The van der Waals surface area contributed by atoms with E-state index in [2.05, 4.69) is 0 Å². The van der Waals surface area contributed by atoms with Crippen molar-refractivity contribution in [3.05, 3.63) is 0 Å². The maximum atomic E-state index is 12.2. The van der Waals surface area contributed by atoms with Crippen molar-refractivity contribution in [1.29, 1.82) is 0 Å². The van der Waals surface area contributed by atoms with E-state index in [0.717, 1.165) is 19.3 Å². The molecule has 0 aromatic heterocycles. The van der Waals surface area contributed by atoms with Crippen LogP contribution in [0, 0.1) is 10.8 Å². The monoisotopic (exact) mass is 198 g/mol. The maximum Gasteiger partial charge on any atom is 0.146 e. The van der Waals surface area contributed by atoms with Gasteiger partial charge in [0, 0.05) is 5.41 Å². The molecule has 1 saturated carbocycles. The van der Waals surface area contributed by atoms with Gasteiger partial charge in [0.1, 0.15) is 5.78 Å². The lowest BCUT2D eigenvalue weighted by Gasteiger charge is -2.49.